The standard InChI is InChI=1S/C11H12N5O5P/c1-4-7-5(2-19-22(18)21-7)20-10(4)16-3-13-6-8(16)14-11(12)15-9(6)17/h3-5,7,10H,2H2,1H3,(H2-,12,14,15,17)/p+1. The molecule has 0 radical (unpaired) electrons. The molecule has 0 aliphatic carbocycles. The highest BCUT2D eigenvalue weighted by Crippen LogP contribution is 2.45. The van der Waals surface area contributed by atoms with Crippen LogP contribution in [-0.4, -0.2) is 38.3 Å². The summed E-state index contributed by atoms with van der Waals surface area (Å²) in [4.78, 5) is 22.4. The van der Waals surface area contributed by atoms with Gasteiger partial charge in [0.15, 0.2) is 17.3 Å². The Morgan fingerprint density at radius 1 is 1.55 bits per heavy atom. The van der Waals surface area contributed by atoms with Crippen molar-refractivity contribution in [2.75, 3.05) is 12.3 Å². The lowest BCUT2D eigenvalue weighted by atomic mass is 10.0. The maximum atomic E-state index is 11.8. The Kier molecular flexibility index (Phi) is 3.01. The average molecular weight is 326 g/mol. The molecule has 11 heteroatoms. The van der Waals surface area contributed by atoms with Crippen LogP contribution in [0, 0.1) is 5.92 Å². The molecule has 5 unspecified atom stereocenters. The summed E-state index contributed by atoms with van der Waals surface area (Å²) in [6.07, 6.45) is 0.341. The van der Waals surface area contributed by atoms with Crippen LogP contribution in [-0.2, 0) is 18.3 Å². The van der Waals surface area contributed by atoms with Crippen LogP contribution >= 0.6 is 8.25 Å². The van der Waals surface area contributed by atoms with E-state index in [1.165, 1.54) is 6.33 Å². The first-order valence-electron chi connectivity index (χ1n) is 6.69. The van der Waals surface area contributed by atoms with E-state index in [2.05, 4.69) is 15.0 Å². The topological polar surface area (TPSA) is 134 Å². The van der Waals surface area contributed by atoms with Crippen molar-refractivity contribution in [2.45, 2.75) is 25.4 Å². The quantitative estimate of drug-likeness (QED) is 0.715. The number of ether oxygens (including phenoxy) is 1. The van der Waals surface area contributed by atoms with E-state index in [9.17, 15) is 9.36 Å². The Bertz CT molecular complexity index is 819. The Morgan fingerprint density at radius 3 is 3.18 bits per heavy atom. The van der Waals surface area contributed by atoms with Crippen molar-refractivity contribution in [2.24, 2.45) is 5.92 Å². The number of H-pyrrole nitrogens is 1. The second kappa shape index (κ2) is 4.82. The normalized spacial score (nSPS) is 33.2. The molecule has 22 heavy (non-hydrogen) atoms. The number of aromatic amines is 1. The first-order valence-corrected chi connectivity index (χ1v) is 7.79. The predicted molar refractivity (Wildman–Crippen MR) is 74.1 cm³/mol. The second-order valence-corrected chi connectivity index (χ2v) is 6.21. The maximum Gasteiger partial charge on any atom is 0.697 e. The summed E-state index contributed by atoms with van der Waals surface area (Å²) < 4.78 is 29.3. The number of hydrogen-bond donors (Lipinski definition) is 2. The fourth-order valence-electron chi connectivity index (χ4n) is 2.89. The van der Waals surface area contributed by atoms with Crippen LogP contribution < -0.4 is 11.3 Å². The Labute approximate surface area is 124 Å². The SMILES string of the molecule is CC1C2O[P+](=O)OCC2OC1n1cnc2c(=O)[nH]c(N)nc21. The van der Waals surface area contributed by atoms with Gasteiger partial charge >= 0.3 is 8.25 Å². The summed E-state index contributed by atoms with van der Waals surface area (Å²) >= 11 is 0. The monoisotopic (exact) mass is 326 g/mol. The summed E-state index contributed by atoms with van der Waals surface area (Å²) in [5, 5.41) is 0. The maximum absolute atomic E-state index is 11.8. The molecule has 2 aliphatic rings. The first kappa shape index (κ1) is 13.8. The zero-order chi connectivity index (χ0) is 15.4. The van der Waals surface area contributed by atoms with Crippen LogP contribution in [0.4, 0.5) is 5.95 Å². The van der Waals surface area contributed by atoms with Crippen LogP contribution in [0.5, 0.6) is 0 Å². The van der Waals surface area contributed by atoms with E-state index in [0.717, 1.165) is 0 Å². The third-order valence-corrected chi connectivity index (χ3v) is 4.70. The molecule has 2 aliphatic heterocycles. The van der Waals surface area contributed by atoms with Gasteiger partial charge in [0.1, 0.15) is 18.9 Å². The smallest absolute Gasteiger partial charge is 0.369 e. The van der Waals surface area contributed by atoms with Gasteiger partial charge in [-0.2, -0.15) is 4.98 Å². The molecule has 2 saturated heterocycles. The molecule has 0 saturated carbocycles. The molecule has 10 nitrogen and oxygen atoms in total. The van der Waals surface area contributed by atoms with Crippen LogP contribution in [0.3, 0.4) is 0 Å². The van der Waals surface area contributed by atoms with Crippen LogP contribution in [0.25, 0.3) is 11.2 Å². The lowest BCUT2D eigenvalue weighted by Crippen LogP contribution is -2.33. The number of nitrogens with one attached hydrogen (secondary N) is 1. The minimum atomic E-state index is -2.12. The molecule has 2 aromatic rings. The van der Waals surface area contributed by atoms with E-state index >= 15 is 0 Å². The highest BCUT2D eigenvalue weighted by Gasteiger charge is 2.53. The molecule has 4 rings (SSSR count). The van der Waals surface area contributed by atoms with E-state index in [0.29, 0.717) is 5.65 Å². The average Bonchev–Trinajstić information content (AvgIpc) is 3.01. The van der Waals surface area contributed by atoms with Crippen LogP contribution in [0.1, 0.15) is 13.2 Å². The molecule has 0 aromatic carbocycles. The molecule has 2 aromatic heterocycles. The molecule has 116 valence electrons. The number of imidazole rings is 1. The van der Waals surface area contributed by atoms with Crippen LogP contribution in [0.2, 0.25) is 0 Å². The van der Waals surface area contributed by atoms with E-state index in [1.54, 1.807) is 4.57 Å². The number of nitrogen functional groups attached to an aromatic ring is 1. The molecule has 5 atom stereocenters. The zero-order valence-electron chi connectivity index (χ0n) is 11.5. The number of hydrogen-bond acceptors (Lipinski definition) is 8. The van der Waals surface area contributed by atoms with Crippen molar-refractivity contribution >= 4 is 25.4 Å². The molecule has 0 amide bonds. The van der Waals surface area contributed by atoms with Crippen molar-refractivity contribution in [1.29, 1.82) is 0 Å². The third kappa shape index (κ3) is 1.96. The van der Waals surface area contributed by atoms with Gasteiger partial charge in [-0.05, 0) is 0 Å². The minimum Gasteiger partial charge on any atom is -0.369 e. The van der Waals surface area contributed by atoms with Crippen molar-refractivity contribution in [3.05, 3.63) is 16.7 Å². The second-order valence-electron chi connectivity index (χ2n) is 5.29. The largest absolute Gasteiger partial charge is 0.697 e. The summed E-state index contributed by atoms with van der Waals surface area (Å²) in [7, 11) is -2.12. The Hall–Kier alpha value is -1.87. The summed E-state index contributed by atoms with van der Waals surface area (Å²) in [6, 6.07) is 0. The molecular weight excluding hydrogens is 313 g/mol. The number of rotatable bonds is 1. The van der Waals surface area contributed by atoms with E-state index < -0.39 is 20.0 Å². The number of anilines is 1. The van der Waals surface area contributed by atoms with Gasteiger partial charge in [0.2, 0.25) is 5.95 Å². The van der Waals surface area contributed by atoms with Crippen molar-refractivity contribution in [3.8, 4) is 0 Å². The van der Waals surface area contributed by atoms with Gasteiger partial charge in [-0.1, -0.05) is 6.92 Å². The lowest BCUT2D eigenvalue weighted by Gasteiger charge is -2.17. The van der Waals surface area contributed by atoms with Crippen molar-refractivity contribution in [3.63, 3.8) is 0 Å². The van der Waals surface area contributed by atoms with Gasteiger partial charge in [-0.25, -0.2) is 4.98 Å². The summed E-state index contributed by atoms with van der Waals surface area (Å²) in [6.45, 7) is 2.11. The molecule has 3 N–H and O–H groups in total. The van der Waals surface area contributed by atoms with Gasteiger partial charge in [-0.3, -0.25) is 14.3 Å². The number of aromatic nitrogens is 4. The molecular formula is C11H13N5O5P+. The van der Waals surface area contributed by atoms with Gasteiger partial charge in [0.05, 0.1) is 6.33 Å². The van der Waals surface area contributed by atoms with Gasteiger partial charge in [0.25, 0.3) is 5.56 Å². The van der Waals surface area contributed by atoms with E-state index in [4.69, 9.17) is 19.5 Å². The highest BCUT2D eigenvalue weighted by atomic mass is 31.1. The molecule has 0 bridgehead atoms. The number of nitrogens with two attached hydrogens (primary N) is 1. The molecule has 4 heterocycles. The van der Waals surface area contributed by atoms with Crippen molar-refractivity contribution in [1.82, 2.24) is 19.5 Å². The molecule has 0 spiro atoms. The van der Waals surface area contributed by atoms with Gasteiger partial charge in [0, 0.05) is 10.5 Å². The fraction of sp³-hybridized carbons (Fsp3) is 0.545. The van der Waals surface area contributed by atoms with Gasteiger partial charge < -0.3 is 10.5 Å². The Balaban J connectivity index is 1.77. The Morgan fingerprint density at radius 2 is 2.36 bits per heavy atom. The fourth-order valence-corrected chi connectivity index (χ4v) is 3.75. The minimum absolute atomic E-state index is 0.00461. The van der Waals surface area contributed by atoms with E-state index in [-0.39, 0.29) is 36.2 Å². The summed E-state index contributed by atoms with van der Waals surface area (Å²) in [5.74, 6) is -0.113. The highest BCUT2D eigenvalue weighted by molar-refractivity contribution is 7.33. The number of fused-ring (bicyclic) bond motifs is 2. The van der Waals surface area contributed by atoms with E-state index in [1.807, 2.05) is 6.92 Å². The van der Waals surface area contributed by atoms with Gasteiger partial charge in [-0.15, -0.1) is 9.05 Å². The zero-order valence-corrected chi connectivity index (χ0v) is 12.4. The van der Waals surface area contributed by atoms with Crippen molar-refractivity contribution < 1.29 is 18.3 Å². The summed E-state index contributed by atoms with van der Waals surface area (Å²) in [5.41, 5.74) is 5.70. The molecule has 2 fully saturated rings. The lowest BCUT2D eigenvalue weighted by molar-refractivity contribution is -0.0529. The third-order valence-electron chi connectivity index (χ3n) is 3.93. The first-order chi connectivity index (χ1) is 10.5. The predicted octanol–water partition coefficient (Wildman–Crippen LogP) is 0.308. The van der Waals surface area contributed by atoms with Crippen LogP contribution in [0.15, 0.2) is 11.1 Å². The number of nitrogens with zero attached hydrogens (tertiary/aromatic N) is 3.